The Balaban J connectivity index is 0.00000242. The van der Waals surface area contributed by atoms with Gasteiger partial charge in [-0.15, -0.1) is 24.0 Å². The second-order valence-corrected chi connectivity index (χ2v) is 6.40. The molecule has 2 rings (SSSR count). The van der Waals surface area contributed by atoms with E-state index in [1.807, 2.05) is 6.07 Å². The molecular weight excluding hydrogens is 391 g/mol. The second-order valence-electron chi connectivity index (χ2n) is 6.40. The van der Waals surface area contributed by atoms with Gasteiger partial charge in [0.25, 0.3) is 0 Å². The Morgan fingerprint density at radius 1 is 1.36 bits per heavy atom. The van der Waals surface area contributed by atoms with Gasteiger partial charge in [-0.2, -0.15) is 0 Å². The highest BCUT2D eigenvalue weighted by Gasteiger charge is 2.19. The first kappa shape index (κ1) is 19.3. The Morgan fingerprint density at radius 3 is 2.59 bits per heavy atom. The van der Waals surface area contributed by atoms with Gasteiger partial charge >= 0.3 is 0 Å². The molecule has 0 bridgehead atoms. The van der Waals surface area contributed by atoms with Crippen molar-refractivity contribution in [3.05, 3.63) is 17.5 Å². The molecule has 0 saturated heterocycles. The van der Waals surface area contributed by atoms with Crippen LogP contribution in [0.1, 0.15) is 63.8 Å². The summed E-state index contributed by atoms with van der Waals surface area (Å²) in [6, 6.07) is 2.54. The number of nitrogens with zero attached hydrogens (tertiary/aromatic N) is 2. The van der Waals surface area contributed by atoms with Crippen LogP contribution in [0.25, 0.3) is 0 Å². The molecule has 22 heavy (non-hydrogen) atoms. The largest absolute Gasteiger partial charge is 0.359 e. The summed E-state index contributed by atoms with van der Waals surface area (Å²) in [5, 5.41) is 10.9. The fourth-order valence-electron chi connectivity index (χ4n) is 2.65. The molecule has 5 nitrogen and oxygen atoms in total. The third-order valence-corrected chi connectivity index (χ3v) is 4.18. The van der Waals surface area contributed by atoms with Crippen molar-refractivity contribution in [1.29, 1.82) is 0 Å². The molecule has 1 aromatic rings. The fraction of sp³-hybridized carbons (Fsp3) is 0.750. The van der Waals surface area contributed by atoms with Crippen LogP contribution < -0.4 is 10.6 Å². The lowest BCUT2D eigenvalue weighted by Gasteiger charge is -2.28. The SMILES string of the molecule is CN=C(NCc1cc(C(C)C)no1)NC1CCC(C)CC1.I. The number of aliphatic imine (C=N–C) groups is 1. The van der Waals surface area contributed by atoms with Gasteiger partial charge in [0.15, 0.2) is 11.7 Å². The predicted octanol–water partition coefficient (Wildman–Crippen LogP) is 3.66. The number of nitrogens with one attached hydrogen (secondary N) is 2. The van der Waals surface area contributed by atoms with Crippen LogP contribution in [0.15, 0.2) is 15.6 Å². The second kappa shape index (κ2) is 9.37. The lowest BCUT2D eigenvalue weighted by molar-refractivity contribution is 0.328. The molecule has 0 amide bonds. The van der Waals surface area contributed by atoms with E-state index in [0.29, 0.717) is 18.5 Å². The van der Waals surface area contributed by atoms with E-state index in [2.05, 4.69) is 41.6 Å². The zero-order valence-electron chi connectivity index (χ0n) is 14.1. The van der Waals surface area contributed by atoms with Gasteiger partial charge in [0, 0.05) is 19.2 Å². The smallest absolute Gasteiger partial charge is 0.191 e. The van der Waals surface area contributed by atoms with Gasteiger partial charge in [-0.1, -0.05) is 25.9 Å². The molecule has 6 heteroatoms. The molecule has 126 valence electrons. The van der Waals surface area contributed by atoms with Crippen molar-refractivity contribution in [3.63, 3.8) is 0 Å². The summed E-state index contributed by atoms with van der Waals surface area (Å²) in [5.74, 6) is 2.95. The van der Waals surface area contributed by atoms with Crippen LogP contribution in [0.5, 0.6) is 0 Å². The first-order chi connectivity index (χ1) is 10.1. The number of hydrogen-bond donors (Lipinski definition) is 2. The van der Waals surface area contributed by atoms with E-state index in [1.165, 1.54) is 25.7 Å². The van der Waals surface area contributed by atoms with Crippen LogP contribution in [0.3, 0.4) is 0 Å². The highest BCUT2D eigenvalue weighted by Crippen LogP contribution is 2.23. The summed E-state index contributed by atoms with van der Waals surface area (Å²) in [5.41, 5.74) is 0.996. The highest BCUT2D eigenvalue weighted by molar-refractivity contribution is 14.0. The summed E-state index contributed by atoms with van der Waals surface area (Å²) in [4.78, 5) is 4.29. The van der Waals surface area contributed by atoms with Crippen LogP contribution in [-0.4, -0.2) is 24.2 Å². The van der Waals surface area contributed by atoms with Crippen molar-refractivity contribution in [2.45, 2.75) is 65.0 Å². The fourth-order valence-corrected chi connectivity index (χ4v) is 2.65. The molecule has 1 aromatic heterocycles. The first-order valence-corrected chi connectivity index (χ1v) is 8.01. The van der Waals surface area contributed by atoms with E-state index < -0.39 is 0 Å². The molecule has 1 heterocycles. The summed E-state index contributed by atoms with van der Waals surface area (Å²) in [6.45, 7) is 7.17. The zero-order chi connectivity index (χ0) is 15.2. The molecule has 0 radical (unpaired) electrons. The molecule has 0 aromatic carbocycles. The number of hydrogen-bond acceptors (Lipinski definition) is 3. The normalized spacial score (nSPS) is 22.3. The maximum Gasteiger partial charge on any atom is 0.191 e. The number of rotatable bonds is 4. The van der Waals surface area contributed by atoms with E-state index >= 15 is 0 Å². The minimum atomic E-state index is 0. The summed E-state index contributed by atoms with van der Waals surface area (Å²) in [6.07, 6.45) is 5.05. The van der Waals surface area contributed by atoms with Crippen molar-refractivity contribution in [3.8, 4) is 0 Å². The average molecular weight is 420 g/mol. The van der Waals surface area contributed by atoms with Crippen molar-refractivity contribution in [2.75, 3.05) is 7.05 Å². The third kappa shape index (κ3) is 5.78. The van der Waals surface area contributed by atoms with Gasteiger partial charge in [0.2, 0.25) is 0 Å². The maximum atomic E-state index is 5.33. The maximum absolute atomic E-state index is 5.33. The Morgan fingerprint density at radius 2 is 2.05 bits per heavy atom. The van der Waals surface area contributed by atoms with Crippen LogP contribution in [0.2, 0.25) is 0 Å². The summed E-state index contributed by atoms with van der Waals surface area (Å²) >= 11 is 0. The van der Waals surface area contributed by atoms with E-state index in [4.69, 9.17) is 4.52 Å². The molecule has 1 saturated carbocycles. The standard InChI is InChI=1S/C16H28N4O.HI/c1-11(2)15-9-14(21-20-15)10-18-16(17-4)19-13-7-5-12(3)6-8-13;/h9,11-13H,5-8,10H2,1-4H3,(H2,17,18,19);1H. The van der Waals surface area contributed by atoms with Gasteiger partial charge in [0.1, 0.15) is 0 Å². The van der Waals surface area contributed by atoms with Gasteiger partial charge in [-0.3, -0.25) is 4.99 Å². The Kier molecular flexibility index (Phi) is 8.20. The van der Waals surface area contributed by atoms with Crippen LogP contribution in [0, 0.1) is 5.92 Å². The Labute approximate surface area is 150 Å². The van der Waals surface area contributed by atoms with Crippen LogP contribution in [0.4, 0.5) is 0 Å². The van der Waals surface area contributed by atoms with E-state index in [0.717, 1.165) is 23.3 Å². The lowest BCUT2D eigenvalue weighted by atomic mass is 9.87. The topological polar surface area (TPSA) is 62.5 Å². The van der Waals surface area contributed by atoms with E-state index in [9.17, 15) is 0 Å². The molecule has 2 N–H and O–H groups in total. The highest BCUT2D eigenvalue weighted by atomic mass is 127. The van der Waals surface area contributed by atoms with Crippen molar-refractivity contribution < 1.29 is 4.52 Å². The van der Waals surface area contributed by atoms with Gasteiger partial charge in [0.05, 0.1) is 12.2 Å². The lowest BCUT2D eigenvalue weighted by Crippen LogP contribution is -2.44. The molecule has 1 aliphatic carbocycles. The van der Waals surface area contributed by atoms with Gasteiger partial charge in [-0.25, -0.2) is 0 Å². The molecule has 1 fully saturated rings. The summed E-state index contributed by atoms with van der Waals surface area (Å²) < 4.78 is 5.33. The molecule has 0 unspecified atom stereocenters. The predicted molar refractivity (Wildman–Crippen MR) is 101 cm³/mol. The van der Waals surface area contributed by atoms with Gasteiger partial charge < -0.3 is 15.2 Å². The van der Waals surface area contributed by atoms with E-state index in [-0.39, 0.29) is 24.0 Å². The molecule has 0 aliphatic heterocycles. The van der Waals surface area contributed by atoms with Crippen molar-refractivity contribution in [1.82, 2.24) is 15.8 Å². The van der Waals surface area contributed by atoms with Crippen LogP contribution >= 0.6 is 24.0 Å². The van der Waals surface area contributed by atoms with Crippen molar-refractivity contribution in [2.24, 2.45) is 10.9 Å². The van der Waals surface area contributed by atoms with Gasteiger partial charge in [-0.05, 0) is 37.5 Å². The zero-order valence-corrected chi connectivity index (χ0v) is 16.4. The number of guanidine groups is 1. The number of halogens is 1. The molecule has 1 aliphatic rings. The minimum absolute atomic E-state index is 0. The summed E-state index contributed by atoms with van der Waals surface area (Å²) in [7, 11) is 1.81. The average Bonchev–Trinajstić information content (AvgIpc) is 2.94. The Bertz CT molecular complexity index is 464. The first-order valence-electron chi connectivity index (χ1n) is 8.01. The third-order valence-electron chi connectivity index (χ3n) is 4.18. The monoisotopic (exact) mass is 420 g/mol. The van der Waals surface area contributed by atoms with E-state index in [1.54, 1.807) is 7.05 Å². The molecule has 0 atom stereocenters. The quantitative estimate of drug-likeness (QED) is 0.444. The molecule has 0 spiro atoms. The Hall–Kier alpha value is -0.790. The minimum Gasteiger partial charge on any atom is -0.359 e. The number of aromatic nitrogens is 1. The van der Waals surface area contributed by atoms with Crippen molar-refractivity contribution >= 4 is 29.9 Å². The molecular formula is C16H29IN4O. The van der Waals surface area contributed by atoms with Crippen LogP contribution in [-0.2, 0) is 6.54 Å².